The average molecular weight is 279 g/mol. The van der Waals surface area contributed by atoms with Crippen molar-refractivity contribution in [1.29, 1.82) is 0 Å². The molecule has 0 aliphatic carbocycles. The predicted octanol–water partition coefficient (Wildman–Crippen LogP) is 1.44. The van der Waals surface area contributed by atoms with Gasteiger partial charge in [-0.15, -0.1) is 0 Å². The minimum Gasteiger partial charge on any atom is -0.481 e. The number of rotatable bonds is 7. The summed E-state index contributed by atoms with van der Waals surface area (Å²) in [5.74, 6) is 0.120. The second kappa shape index (κ2) is 6.38. The van der Waals surface area contributed by atoms with Crippen LogP contribution in [-0.4, -0.2) is 36.2 Å². The van der Waals surface area contributed by atoms with E-state index in [1.165, 1.54) is 0 Å². The summed E-state index contributed by atoms with van der Waals surface area (Å²) in [6, 6.07) is 4.49. The Labute approximate surface area is 116 Å². The molecule has 0 bridgehead atoms. The van der Waals surface area contributed by atoms with Crippen LogP contribution < -0.4 is 14.8 Å². The number of benzene rings is 1. The van der Waals surface area contributed by atoms with Gasteiger partial charge < -0.3 is 19.9 Å². The van der Waals surface area contributed by atoms with Crippen molar-refractivity contribution in [3.05, 3.63) is 23.8 Å². The fourth-order valence-electron chi connectivity index (χ4n) is 2.09. The normalized spacial score (nSPS) is 14.1. The Balaban J connectivity index is 2.12. The molecule has 2 rings (SSSR count). The fourth-order valence-corrected chi connectivity index (χ4v) is 2.09. The van der Waals surface area contributed by atoms with Gasteiger partial charge in [0.15, 0.2) is 17.3 Å². The number of carbonyl (C=O) groups is 2. The molecule has 0 spiro atoms. The van der Waals surface area contributed by atoms with Crippen LogP contribution in [0.3, 0.4) is 0 Å². The topological polar surface area (TPSA) is 84.9 Å². The van der Waals surface area contributed by atoms with Gasteiger partial charge in [0.05, 0.1) is 6.04 Å². The first-order valence-electron chi connectivity index (χ1n) is 6.51. The molecule has 2 N–H and O–H groups in total. The van der Waals surface area contributed by atoms with Crippen LogP contribution in [0.25, 0.3) is 0 Å². The van der Waals surface area contributed by atoms with Gasteiger partial charge in [-0.25, -0.2) is 0 Å². The van der Waals surface area contributed by atoms with E-state index in [4.69, 9.17) is 14.6 Å². The lowest BCUT2D eigenvalue weighted by molar-refractivity contribution is -0.137. The summed E-state index contributed by atoms with van der Waals surface area (Å²) >= 11 is 0. The molecule has 1 aromatic carbocycles. The zero-order valence-corrected chi connectivity index (χ0v) is 11.2. The Kier molecular flexibility index (Phi) is 4.57. The van der Waals surface area contributed by atoms with Crippen LogP contribution in [0.5, 0.6) is 11.5 Å². The number of carboxylic acid groups (broad SMARTS) is 1. The predicted molar refractivity (Wildman–Crippen MR) is 71.2 cm³/mol. The van der Waals surface area contributed by atoms with Crippen molar-refractivity contribution in [3.8, 4) is 11.5 Å². The zero-order chi connectivity index (χ0) is 14.5. The molecule has 0 saturated heterocycles. The van der Waals surface area contributed by atoms with Crippen LogP contribution in [0.15, 0.2) is 18.2 Å². The van der Waals surface area contributed by atoms with E-state index in [2.05, 4.69) is 5.32 Å². The van der Waals surface area contributed by atoms with Gasteiger partial charge in [0.25, 0.3) is 0 Å². The minimum absolute atomic E-state index is 0.0477. The van der Waals surface area contributed by atoms with Crippen molar-refractivity contribution >= 4 is 11.8 Å². The molecule has 1 aliphatic rings. The second-order valence-electron chi connectivity index (χ2n) is 4.47. The average Bonchev–Trinajstić information content (AvgIpc) is 2.89. The molecule has 6 nitrogen and oxygen atoms in total. The lowest BCUT2D eigenvalue weighted by Crippen LogP contribution is -2.37. The molecule has 0 amide bonds. The van der Waals surface area contributed by atoms with Crippen molar-refractivity contribution in [2.24, 2.45) is 0 Å². The first-order valence-corrected chi connectivity index (χ1v) is 6.51. The van der Waals surface area contributed by atoms with E-state index in [1.54, 1.807) is 18.2 Å². The maximum atomic E-state index is 12.4. The summed E-state index contributed by atoms with van der Waals surface area (Å²) < 4.78 is 10.4. The number of fused-ring (bicyclic) bond motifs is 1. The number of ketones is 1. The summed E-state index contributed by atoms with van der Waals surface area (Å²) in [4.78, 5) is 23.0. The summed E-state index contributed by atoms with van der Waals surface area (Å²) in [5.41, 5.74) is 0.491. The minimum atomic E-state index is -0.911. The standard InChI is InChI=1S/C14H17NO5/c1-2-15-10(4-6-13(16)17)14(18)9-3-5-11-12(7-9)20-8-19-11/h3,5,7,10,15H,2,4,6,8H2,1H3,(H,16,17). The Morgan fingerprint density at radius 2 is 2.10 bits per heavy atom. The van der Waals surface area contributed by atoms with E-state index in [0.29, 0.717) is 23.6 Å². The fraction of sp³-hybridized carbons (Fsp3) is 0.429. The largest absolute Gasteiger partial charge is 0.481 e. The molecular weight excluding hydrogens is 262 g/mol. The number of aliphatic carboxylic acids is 1. The van der Waals surface area contributed by atoms with Crippen molar-refractivity contribution < 1.29 is 24.2 Å². The highest BCUT2D eigenvalue weighted by Gasteiger charge is 2.22. The summed E-state index contributed by atoms with van der Waals surface area (Å²) in [5, 5.41) is 11.8. The molecule has 0 aromatic heterocycles. The number of Topliss-reactive ketones (excluding diaryl/α,β-unsaturated/α-hetero) is 1. The van der Waals surface area contributed by atoms with Crippen LogP contribution in [0.2, 0.25) is 0 Å². The third-order valence-electron chi connectivity index (χ3n) is 3.07. The lowest BCUT2D eigenvalue weighted by Gasteiger charge is -2.16. The number of carboxylic acids is 1. The van der Waals surface area contributed by atoms with Gasteiger partial charge >= 0.3 is 5.97 Å². The zero-order valence-electron chi connectivity index (χ0n) is 11.2. The number of hydrogen-bond acceptors (Lipinski definition) is 5. The van der Waals surface area contributed by atoms with Crippen LogP contribution >= 0.6 is 0 Å². The van der Waals surface area contributed by atoms with Gasteiger partial charge in [-0.3, -0.25) is 9.59 Å². The third-order valence-corrected chi connectivity index (χ3v) is 3.07. The molecule has 1 atom stereocenters. The Hall–Kier alpha value is -2.08. The maximum absolute atomic E-state index is 12.4. The first kappa shape index (κ1) is 14.3. The van der Waals surface area contributed by atoms with Gasteiger partial charge in [-0.2, -0.15) is 0 Å². The number of nitrogens with one attached hydrogen (secondary N) is 1. The van der Waals surface area contributed by atoms with Gasteiger partial charge in [0.1, 0.15) is 0 Å². The van der Waals surface area contributed by atoms with E-state index in [9.17, 15) is 9.59 Å². The van der Waals surface area contributed by atoms with Crippen molar-refractivity contribution in [3.63, 3.8) is 0 Å². The van der Waals surface area contributed by atoms with Gasteiger partial charge in [-0.1, -0.05) is 6.92 Å². The highest BCUT2D eigenvalue weighted by atomic mass is 16.7. The van der Waals surface area contributed by atoms with Gasteiger partial charge in [-0.05, 0) is 31.2 Å². The van der Waals surface area contributed by atoms with E-state index >= 15 is 0 Å². The number of ether oxygens (including phenoxy) is 2. The Bertz CT molecular complexity index is 514. The monoisotopic (exact) mass is 279 g/mol. The molecule has 1 aromatic rings. The number of carbonyl (C=O) groups excluding carboxylic acids is 1. The second-order valence-corrected chi connectivity index (χ2v) is 4.47. The SMILES string of the molecule is CCNC(CCC(=O)O)C(=O)c1ccc2c(c1)OCO2. The van der Waals surface area contributed by atoms with Crippen molar-refractivity contribution in [2.75, 3.05) is 13.3 Å². The molecule has 1 heterocycles. The first-order chi connectivity index (χ1) is 9.61. The van der Waals surface area contributed by atoms with Crippen LogP contribution in [0.1, 0.15) is 30.1 Å². The van der Waals surface area contributed by atoms with Crippen molar-refractivity contribution in [2.45, 2.75) is 25.8 Å². The summed E-state index contributed by atoms with van der Waals surface area (Å²) in [7, 11) is 0. The van der Waals surface area contributed by atoms with Crippen molar-refractivity contribution in [1.82, 2.24) is 5.32 Å². The molecule has 20 heavy (non-hydrogen) atoms. The van der Waals surface area contributed by atoms with Gasteiger partial charge in [0, 0.05) is 12.0 Å². The molecular formula is C14H17NO5. The summed E-state index contributed by atoms with van der Waals surface area (Å²) in [6.45, 7) is 2.63. The third kappa shape index (κ3) is 3.27. The van der Waals surface area contributed by atoms with E-state index < -0.39 is 12.0 Å². The molecule has 1 unspecified atom stereocenters. The highest BCUT2D eigenvalue weighted by molar-refractivity contribution is 6.00. The van der Waals surface area contributed by atoms with Crippen LogP contribution in [-0.2, 0) is 4.79 Å². The van der Waals surface area contributed by atoms with Crippen LogP contribution in [0.4, 0.5) is 0 Å². The smallest absolute Gasteiger partial charge is 0.303 e. The molecule has 108 valence electrons. The molecule has 0 radical (unpaired) electrons. The Morgan fingerprint density at radius 1 is 1.35 bits per heavy atom. The maximum Gasteiger partial charge on any atom is 0.303 e. The lowest BCUT2D eigenvalue weighted by atomic mass is 9.99. The number of likely N-dealkylation sites (N-methyl/N-ethyl adjacent to an activating group) is 1. The molecule has 0 saturated carbocycles. The van der Waals surface area contributed by atoms with Gasteiger partial charge in [0.2, 0.25) is 6.79 Å². The molecule has 1 aliphatic heterocycles. The molecule has 6 heteroatoms. The van der Waals surface area contributed by atoms with E-state index in [-0.39, 0.29) is 25.4 Å². The van der Waals surface area contributed by atoms with E-state index in [1.807, 2.05) is 6.92 Å². The number of hydrogen-bond donors (Lipinski definition) is 2. The Morgan fingerprint density at radius 3 is 2.80 bits per heavy atom. The van der Waals surface area contributed by atoms with Crippen LogP contribution in [0, 0.1) is 0 Å². The quantitative estimate of drug-likeness (QED) is 0.735. The molecule has 0 fully saturated rings. The highest BCUT2D eigenvalue weighted by Crippen LogP contribution is 2.32. The summed E-state index contributed by atoms with van der Waals surface area (Å²) in [6.07, 6.45) is 0.213. The van der Waals surface area contributed by atoms with E-state index in [0.717, 1.165) is 0 Å².